The maximum atomic E-state index is 11.9. The number of hydrogen-bond donors (Lipinski definition) is 1. The highest BCUT2D eigenvalue weighted by atomic mass is 32.2. The lowest BCUT2D eigenvalue weighted by Gasteiger charge is -2.19. The summed E-state index contributed by atoms with van der Waals surface area (Å²) in [6.45, 7) is 0.193. The first-order valence-electron chi connectivity index (χ1n) is 7.90. The number of para-hydroxylation sites is 2. The molecule has 0 aliphatic heterocycles. The number of furan rings is 1. The van der Waals surface area contributed by atoms with Gasteiger partial charge in [0.2, 0.25) is 10.0 Å². The van der Waals surface area contributed by atoms with Crippen LogP contribution in [0.1, 0.15) is 5.76 Å². The van der Waals surface area contributed by atoms with Crippen LogP contribution in [0.5, 0.6) is 11.5 Å². The molecule has 0 radical (unpaired) electrons. The monoisotopic (exact) mass is 382 g/mol. The van der Waals surface area contributed by atoms with Crippen molar-refractivity contribution in [3.05, 3.63) is 48.4 Å². The van der Waals surface area contributed by atoms with E-state index in [1.807, 2.05) is 0 Å². The van der Waals surface area contributed by atoms with Gasteiger partial charge in [0.25, 0.3) is 5.91 Å². The number of sulfonamides is 1. The SMILES string of the molecule is COc1ccccc1OCC(=O)NCCN(Cc1ccco1)S(C)(=O)=O. The van der Waals surface area contributed by atoms with Gasteiger partial charge in [-0.2, -0.15) is 4.31 Å². The normalized spacial score (nSPS) is 11.3. The minimum Gasteiger partial charge on any atom is -0.493 e. The van der Waals surface area contributed by atoms with Crippen LogP contribution in [0.25, 0.3) is 0 Å². The summed E-state index contributed by atoms with van der Waals surface area (Å²) in [7, 11) is -1.91. The molecule has 0 spiro atoms. The molecule has 2 rings (SSSR count). The van der Waals surface area contributed by atoms with E-state index < -0.39 is 10.0 Å². The van der Waals surface area contributed by atoms with Crippen LogP contribution in [0.15, 0.2) is 47.1 Å². The van der Waals surface area contributed by atoms with Gasteiger partial charge in [-0.1, -0.05) is 12.1 Å². The molecule has 1 aromatic carbocycles. The highest BCUT2D eigenvalue weighted by Crippen LogP contribution is 2.25. The van der Waals surface area contributed by atoms with E-state index in [1.165, 1.54) is 17.7 Å². The molecule has 9 heteroatoms. The number of benzene rings is 1. The molecule has 26 heavy (non-hydrogen) atoms. The third-order valence-electron chi connectivity index (χ3n) is 3.49. The molecule has 142 valence electrons. The largest absolute Gasteiger partial charge is 0.493 e. The fraction of sp³-hybridized carbons (Fsp3) is 0.353. The van der Waals surface area contributed by atoms with Crippen molar-refractivity contribution >= 4 is 15.9 Å². The lowest BCUT2D eigenvalue weighted by molar-refractivity contribution is -0.123. The minimum absolute atomic E-state index is 0.111. The average Bonchev–Trinajstić information content (AvgIpc) is 3.11. The second kappa shape index (κ2) is 9.25. The zero-order chi connectivity index (χ0) is 19.0. The number of carbonyl (C=O) groups is 1. The van der Waals surface area contributed by atoms with Crippen LogP contribution in [-0.2, 0) is 21.4 Å². The average molecular weight is 382 g/mol. The molecule has 0 saturated heterocycles. The standard InChI is InChI=1S/C17H22N2O6S/c1-23-15-7-3-4-8-16(15)25-13-17(20)18-9-10-19(26(2,21)22)12-14-6-5-11-24-14/h3-8,11H,9-10,12-13H2,1-2H3,(H,18,20). The number of hydrogen-bond acceptors (Lipinski definition) is 6. The first-order valence-corrected chi connectivity index (χ1v) is 9.75. The lowest BCUT2D eigenvalue weighted by atomic mass is 10.3. The Morgan fingerprint density at radius 3 is 2.54 bits per heavy atom. The number of amides is 1. The van der Waals surface area contributed by atoms with Gasteiger partial charge in [-0.25, -0.2) is 8.42 Å². The van der Waals surface area contributed by atoms with Crippen molar-refractivity contribution in [1.29, 1.82) is 0 Å². The summed E-state index contributed by atoms with van der Waals surface area (Å²) in [6, 6.07) is 10.4. The van der Waals surface area contributed by atoms with Crippen LogP contribution in [0.3, 0.4) is 0 Å². The van der Waals surface area contributed by atoms with Gasteiger partial charge in [-0.3, -0.25) is 4.79 Å². The predicted molar refractivity (Wildman–Crippen MR) is 95.5 cm³/mol. The zero-order valence-corrected chi connectivity index (χ0v) is 15.5. The summed E-state index contributed by atoms with van der Waals surface area (Å²) in [5.41, 5.74) is 0. The zero-order valence-electron chi connectivity index (χ0n) is 14.7. The van der Waals surface area contributed by atoms with Gasteiger partial charge in [0, 0.05) is 13.1 Å². The van der Waals surface area contributed by atoms with E-state index in [2.05, 4.69) is 5.32 Å². The molecule has 1 aromatic heterocycles. The Morgan fingerprint density at radius 1 is 1.19 bits per heavy atom. The van der Waals surface area contributed by atoms with E-state index in [-0.39, 0.29) is 32.1 Å². The molecule has 1 heterocycles. The van der Waals surface area contributed by atoms with E-state index in [1.54, 1.807) is 36.4 Å². The number of nitrogens with zero attached hydrogens (tertiary/aromatic N) is 1. The van der Waals surface area contributed by atoms with Crippen LogP contribution < -0.4 is 14.8 Å². The number of carbonyl (C=O) groups excluding carboxylic acids is 1. The number of methoxy groups -OCH3 is 1. The van der Waals surface area contributed by atoms with E-state index in [0.29, 0.717) is 17.3 Å². The Hall–Kier alpha value is -2.52. The van der Waals surface area contributed by atoms with Gasteiger partial charge >= 0.3 is 0 Å². The fourth-order valence-corrected chi connectivity index (χ4v) is 2.98. The van der Waals surface area contributed by atoms with E-state index in [4.69, 9.17) is 13.9 Å². The summed E-state index contributed by atoms with van der Waals surface area (Å²) in [4.78, 5) is 11.9. The summed E-state index contributed by atoms with van der Waals surface area (Å²) in [6.07, 6.45) is 2.59. The van der Waals surface area contributed by atoms with Gasteiger partial charge in [0.15, 0.2) is 18.1 Å². The summed E-state index contributed by atoms with van der Waals surface area (Å²) in [5, 5.41) is 2.63. The second-order valence-electron chi connectivity index (χ2n) is 5.47. The van der Waals surface area contributed by atoms with E-state index >= 15 is 0 Å². The van der Waals surface area contributed by atoms with Crippen molar-refractivity contribution in [2.24, 2.45) is 0 Å². The molecule has 0 saturated carbocycles. The van der Waals surface area contributed by atoms with Crippen molar-refractivity contribution in [2.75, 3.05) is 33.1 Å². The minimum atomic E-state index is -3.43. The molecule has 0 aliphatic carbocycles. The third-order valence-corrected chi connectivity index (χ3v) is 4.74. The molecule has 8 nitrogen and oxygen atoms in total. The van der Waals surface area contributed by atoms with Crippen LogP contribution in [0.4, 0.5) is 0 Å². The smallest absolute Gasteiger partial charge is 0.257 e. The topological polar surface area (TPSA) is 98.1 Å². The second-order valence-corrected chi connectivity index (χ2v) is 7.45. The molecule has 1 N–H and O–H groups in total. The van der Waals surface area contributed by atoms with Gasteiger partial charge in [-0.15, -0.1) is 0 Å². The van der Waals surface area contributed by atoms with Crippen LogP contribution in [0.2, 0.25) is 0 Å². The highest BCUT2D eigenvalue weighted by Gasteiger charge is 2.18. The van der Waals surface area contributed by atoms with Crippen LogP contribution >= 0.6 is 0 Å². The number of nitrogens with one attached hydrogen (secondary N) is 1. The third kappa shape index (κ3) is 6.08. The Labute approximate surface area is 152 Å². The summed E-state index contributed by atoms with van der Waals surface area (Å²) < 4.78 is 40.6. The Kier molecular flexibility index (Phi) is 7.05. The van der Waals surface area contributed by atoms with Crippen molar-refractivity contribution in [3.63, 3.8) is 0 Å². The van der Waals surface area contributed by atoms with Gasteiger partial charge in [0.05, 0.1) is 26.2 Å². The van der Waals surface area contributed by atoms with Crippen molar-refractivity contribution in [3.8, 4) is 11.5 Å². The van der Waals surface area contributed by atoms with E-state index in [9.17, 15) is 13.2 Å². The quantitative estimate of drug-likeness (QED) is 0.664. The van der Waals surface area contributed by atoms with Gasteiger partial charge < -0.3 is 19.2 Å². The van der Waals surface area contributed by atoms with Crippen LogP contribution in [-0.4, -0.2) is 51.7 Å². The molecule has 0 fully saturated rings. The maximum Gasteiger partial charge on any atom is 0.257 e. The molecule has 0 unspecified atom stereocenters. The Morgan fingerprint density at radius 2 is 1.92 bits per heavy atom. The molecule has 2 aromatic rings. The summed E-state index contributed by atoms with van der Waals surface area (Å²) >= 11 is 0. The first-order chi connectivity index (χ1) is 12.4. The maximum absolute atomic E-state index is 11.9. The van der Waals surface area contributed by atoms with Crippen molar-refractivity contribution < 1.29 is 27.1 Å². The van der Waals surface area contributed by atoms with Crippen LogP contribution in [0, 0.1) is 0 Å². The number of rotatable bonds is 10. The lowest BCUT2D eigenvalue weighted by Crippen LogP contribution is -2.39. The first kappa shape index (κ1) is 19.8. The highest BCUT2D eigenvalue weighted by molar-refractivity contribution is 7.88. The van der Waals surface area contributed by atoms with Gasteiger partial charge in [-0.05, 0) is 24.3 Å². The molecule has 1 amide bonds. The number of ether oxygens (including phenoxy) is 2. The molecular formula is C17H22N2O6S. The van der Waals surface area contributed by atoms with Crippen molar-refractivity contribution in [2.45, 2.75) is 6.54 Å². The predicted octanol–water partition coefficient (Wildman–Crippen LogP) is 1.24. The Bertz CT molecular complexity index is 804. The van der Waals surface area contributed by atoms with E-state index in [0.717, 1.165) is 6.26 Å². The molecule has 0 aliphatic rings. The van der Waals surface area contributed by atoms with Crippen molar-refractivity contribution in [1.82, 2.24) is 9.62 Å². The van der Waals surface area contributed by atoms with Gasteiger partial charge in [0.1, 0.15) is 5.76 Å². The fourth-order valence-electron chi connectivity index (χ4n) is 2.19. The molecule has 0 bridgehead atoms. The summed E-state index contributed by atoms with van der Waals surface area (Å²) in [5.74, 6) is 1.16. The Balaban J connectivity index is 1.80. The molecule has 0 atom stereocenters. The molecular weight excluding hydrogens is 360 g/mol.